The monoisotopic (exact) mass is 280 g/mol. The molecule has 20 heavy (non-hydrogen) atoms. The smallest absolute Gasteiger partial charge is 0.412 e. The number of benzene rings is 1. The van der Waals surface area contributed by atoms with E-state index in [2.05, 4.69) is 10.1 Å². The lowest BCUT2D eigenvalue weighted by Crippen LogP contribution is -2.27. The number of methoxy groups -OCH3 is 1. The third-order valence-electron chi connectivity index (χ3n) is 2.50. The lowest BCUT2D eigenvalue weighted by molar-refractivity contribution is 0.0595. The Balaban J connectivity index is 3.00. The maximum atomic E-state index is 11.7. The first-order valence-corrected chi connectivity index (χ1v) is 6.12. The first kappa shape index (κ1) is 15.8. The number of rotatable bonds is 2. The zero-order chi connectivity index (χ0) is 15.5. The number of hydrogen-bond acceptors (Lipinski definition) is 5. The summed E-state index contributed by atoms with van der Waals surface area (Å²) in [6, 6.07) is 3.06. The summed E-state index contributed by atoms with van der Waals surface area (Å²) in [5.41, 5.74) is 6.88. The molecule has 3 N–H and O–H groups in total. The quantitative estimate of drug-likeness (QED) is 0.642. The van der Waals surface area contributed by atoms with Crippen molar-refractivity contribution in [2.24, 2.45) is 0 Å². The van der Waals surface area contributed by atoms with Gasteiger partial charge in [0.1, 0.15) is 5.60 Å². The van der Waals surface area contributed by atoms with Gasteiger partial charge in [0.25, 0.3) is 0 Å². The van der Waals surface area contributed by atoms with Gasteiger partial charge < -0.3 is 15.2 Å². The van der Waals surface area contributed by atoms with Crippen LogP contribution < -0.4 is 11.1 Å². The van der Waals surface area contributed by atoms with Crippen molar-refractivity contribution < 1.29 is 19.1 Å². The summed E-state index contributed by atoms with van der Waals surface area (Å²) >= 11 is 0. The lowest BCUT2D eigenvalue weighted by atomic mass is 10.1. The molecule has 0 heterocycles. The predicted octanol–water partition coefficient (Wildman–Crippen LogP) is 2.71. The van der Waals surface area contributed by atoms with Crippen LogP contribution in [0.5, 0.6) is 0 Å². The Kier molecular flexibility index (Phi) is 4.60. The van der Waals surface area contributed by atoms with E-state index < -0.39 is 17.7 Å². The van der Waals surface area contributed by atoms with Crippen molar-refractivity contribution in [2.75, 3.05) is 18.2 Å². The minimum absolute atomic E-state index is 0.304. The maximum absolute atomic E-state index is 11.7. The molecule has 1 rings (SSSR count). The molecule has 1 aromatic rings. The van der Waals surface area contributed by atoms with Crippen molar-refractivity contribution in [1.29, 1.82) is 0 Å². The average Bonchev–Trinajstić information content (AvgIpc) is 2.30. The second-order valence-corrected chi connectivity index (χ2v) is 5.36. The summed E-state index contributed by atoms with van der Waals surface area (Å²) < 4.78 is 9.81. The molecule has 0 radical (unpaired) electrons. The number of anilines is 2. The Morgan fingerprint density at radius 1 is 1.25 bits per heavy atom. The molecule has 6 heteroatoms. The zero-order valence-electron chi connectivity index (χ0n) is 12.4. The third-order valence-corrected chi connectivity index (χ3v) is 2.50. The number of hydrogen-bond donors (Lipinski definition) is 2. The number of carbonyl (C=O) groups excluding carboxylic acids is 2. The highest BCUT2D eigenvalue weighted by Crippen LogP contribution is 2.23. The first-order chi connectivity index (χ1) is 9.14. The van der Waals surface area contributed by atoms with Crippen LogP contribution in [0.1, 0.15) is 36.7 Å². The summed E-state index contributed by atoms with van der Waals surface area (Å²) in [6.07, 6.45) is -0.614. The fourth-order valence-electron chi connectivity index (χ4n) is 1.55. The molecule has 0 bridgehead atoms. The van der Waals surface area contributed by atoms with Gasteiger partial charge in [-0.25, -0.2) is 9.59 Å². The fourth-order valence-corrected chi connectivity index (χ4v) is 1.55. The number of nitrogens with one attached hydrogen (secondary N) is 1. The molecular formula is C14H20N2O4. The van der Waals surface area contributed by atoms with Crippen LogP contribution >= 0.6 is 0 Å². The third kappa shape index (κ3) is 4.15. The second-order valence-electron chi connectivity index (χ2n) is 5.36. The maximum Gasteiger partial charge on any atom is 0.412 e. The van der Waals surface area contributed by atoms with Crippen LogP contribution in [0.4, 0.5) is 16.2 Å². The van der Waals surface area contributed by atoms with Crippen LogP contribution in [-0.4, -0.2) is 24.8 Å². The van der Waals surface area contributed by atoms with E-state index in [4.69, 9.17) is 10.5 Å². The number of nitrogen functional groups attached to an aromatic ring is 1. The van der Waals surface area contributed by atoms with Gasteiger partial charge in [0.2, 0.25) is 0 Å². The minimum Gasteiger partial charge on any atom is -0.465 e. The molecular weight excluding hydrogens is 260 g/mol. The second kappa shape index (κ2) is 5.81. The summed E-state index contributed by atoms with van der Waals surface area (Å²) in [5, 5.41) is 2.54. The molecule has 0 spiro atoms. The van der Waals surface area contributed by atoms with Crippen molar-refractivity contribution in [1.82, 2.24) is 0 Å². The van der Waals surface area contributed by atoms with Crippen LogP contribution in [0.25, 0.3) is 0 Å². The largest absolute Gasteiger partial charge is 0.465 e. The van der Waals surface area contributed by atoms with Gasteiger partial charge in [-0.2, -0.15) is 0 Å². The highest BCUT2D eigenvalue weighted by atomic mass is 16.6. The van der Waals surface area contributed by atoms with E-state index in [-0.39, 0.29) is 0 Å². The van der Waals surface area contributed by atoms with Gasteiger partial charge in [-0.3, -0.25) is 5.32 Å². The zero-order valence-corrected chi connectivity index (χ0v) is 12.4. The topological polar surface area (TPSA) is 90.6 Å². The van der Waals surface area contributed by atoms with Crippen LogP contribution in [0.2, 0.25) is 0 Å². The standard InChI is InChI=1S/C14H20N2O4/c1-8-10(12(17)19-5)6-9(7-11(8)15)16-13(18)20-14(2,3)4/h6-7H,15H2,1-5H3,(H,16,18). The lowest BCUT2D eigenvalue weighted by Gasteiger charge is -2.20. The first-order valence-electron chi connectivity index (χ1n) is 6.12. The van der Waals surface area contributed by atoms with E-state index in [1.54, 1.807) is 33.8 Å². The molecule has 6 nitrogen and oxygen atoms in total. The highest BCUT2D eigenvalue weighted by Gasteiger charge is 2.18. The molecule has 0 aliphatic heterocycles. The van der Waals surface area contributed by atoms with Gasteiger partial charge in [-0.15, -0.1) is 0 Å². The van der Waals surface area contributed by atoms with Crippen molar-refractivity contribution >= 4 is 23.4 Å². The van der Waals surface area contributed by atoms with Gasteiger partial charge >= 0.3 is 12.1 Å². The number of carbonyl (C=O) groups is 2. The van der Waals surface area contributed by atoms with Crippen molar-refractivity contribution in [3.8, 4) is 0 Å². The summed E-state index contributed by atoms with van der Waals surface area (Å²) in [4.78, 5) is 23.3. The molecule has 1 amide bonds. The van der Waals surface area contributed by atoms with E-state index >= 15 is 0 Å². The Morgan fingerprint density at radius 2 is 1.85 bits per heavy atom. The Hall–Kier alpha value is -2.24. The molecule has 0 aromatic heterocycles. The van der Waals surface area contributed by atoms with E-state index in [1.165, 1.54) is 13.2 Å². The molecule has 0 aliphatic rings. The summed E-state index contributed by atoms with van der Waals surface area (Å²) in [7, 11) is 1.28. The Bertz CT molecular complexity index is 533. The predicted molar refractivity (Wildman–Crippen MR) is 76.8 cm³/mol. The van der Waals surface area contributed by atoms with Crippen molar-refractivity contribution in [2.45, 2.75) is 33.3 Å². The number of nitrogens with two attached hydrogens (primary N) is 1. The number of amides is 1. The van der Waals surface area contributed by atoms with E-state index in [9.17, 15) is 9.59 Å². The van der Waals surface area contributed by atoms with Gasteiger partial charge in [0.05, 0.1) is 12.7 Å². The SMILES string of the molecule is COC(=O)c1cc(NC(=O)OC(C)(C)C)cc(N)c1C. The van der Waals surface area contributed by atoms with E-state index in [1.807, 2.05) is 0 Å². The molecule has 0 atom stereocenters. The van der Waals surface area contributed by atoms with Gasteiger partial charge in [-0.05, 0) is 45.4 Å². The molecule has 0 saturated carbocycles. The average molecular weight is 280 g/mol. The van der Waals surface area contributed by atoms with Crippen molar-refractivity contribution in [3.05, 3.63) is 23.3 Å². The van der Waals surface area contributed by atoms with Gasteiger partial charge in [-0.1, -0.05) is 0 Å². The van der Waals surface area contributed by atoms with Crippen LogP contribution in [0.3, 0.4) is 0 Å². The van der Waals surface area contributed by atoms with Crippen molar-refractivity contribution in [3.63, 3.8) is 0 Å². The van der Waals surface area contributed by atoms with Gasteiger partial charge in [0, 0.05) is 11.4 Å². The van der Waals surface area contributed by atoms with Gasteiger partial charge in [0.15, 0.2) is 0 Å². The van der Waals surface area contributed by atoms with E-state index in [0.717, 1.165) is 0 Å². The molecule has 110 valence electrons. The molecule has 1 aromatic carbocycles. The highest BCUT2D eigenvalue weighted by molar-refractivity contribution is 5.96. The van der Waals surface area contributed by atoms with Crippen LogP contribution in [-0.2, 0) is 9.47 Å². The Morgan fingerprint density at radius 3 is 2.35 bits per heavy atom. The Labute approximate surface area is 118 Å². The number of esters is 1. The molecule has 0 fully saturated rings. The van der Waals surface area contributed by atoms with E-state index in [0.29, 0.717) is 22.5 Å². The molecule has 0 unspecified atom stereocenters. The minimum atomic E-state index is -0.614. The fraction of sp³-hybridized carbons (Fsp3) is 0.429. The van der Waals surface area contributed by atoms with Crippen LogP contribution in [0.15, 0.2) is 12.1 Å². The molecule has 0 aliphatic carbocycles. The normalized spacial score (nSPS) is 10.8. The number of ether oxygens (including phenoxy) is 2. The summed E-state index contributed by atoms with van der Waals surface area (Å²) in [6.45, 7) is 6.99. The van der Waals surface area contributed by atoms with Crippen LogP contribution in [0, 0.1) is 6.92 Å². The molecule has 0 saturated heterocycles. The summed E-state index contributed by atoms with van der Waals surface area (Å²) in [5.74, 6) is -0.512.